The van der Waals surface area contributed by atoms with Crippen LogP contribution in [0.1, 0.15) is 59.7 Å². The van der Waals surface area contributed by atoms with Crippen molar-refractivity contribution < 1.29 is 14.3 Å². The van der Waals surface area contributed by atoms with Crippen LogP contribution in [0.5, 0.6) is 0 Å². The Labute approximate surface area is 241 Å². The smallest absolute Gasteiger partial charge is 0.338 e. The molecule has 39 heavy (non-hydrogen) atoms. The van der Waals surface area contributed by atoms with Crippen molar-refractivity contribution in [1.82, 2.24) is 9.55 Å². The molecule has 0 bridgehead atoms. The quantitative estimate of drug-likeness (QED) is 0.166. The van der Waals surface area contributed by atoms with Crippen molar-refractivity contribution in [3.8, 4) is 11.1 Å². The maximum Gasteiger partial charge on any atom is 0.338 e. The molecule has 0 saturated carbocycles. The number of rotatable bonds is 5. The number of ether oxygens (including phenoxy) is 1. The largest absolute Gasteiger partial charge is 0.462 e. The number of carbonyl (C=O) groups excluding carboxylic acids is 2. The number of carbonyl (C=O) groups is 2. The Kier molecular flexibility index (Phi) is 7.04. The molecule has 2 aromatic heterocycles. The van der Waals surface area contributed by atoms with E-state index < -0.39 is 0 Å². The summed E-state index contributed by atoms with van der Waals surface area (Å²) < 4.78 is 7.13. The number of hydrogen-bond acceptors (Lipinski definition) is 3. The first-order valence-corrected chi connectivity index (χ1v) is 13.7. The van der Waals surface area contributed by atoms with Gasteiger partial charge in [0.25, 0.3) is 0 Å². The van der Waals surface area contributed by atoms with Gasteiger partial charge in [-0.25, -0.2) is 4.79 Å². The van der Waals surface area contributed by atoms with Crippen molar-refractivity contribution in [3.05, 3.63) is 92.3 Å². The van der Waals surface area contributed by atoms with Crippen LogP contribution >= 0.6 is 34.8 Å². The van der Waals surface area contributed by atoms with Gasteiger partial charge in [-0.3, -0.25) is 4.79 Å². The summed E-state index contributed by atoms with van der Waals surface area (Å²) in [6.45, 7) is 8.19. The van der Waals surface area contributed by atoms with Gasteiger partial charge in [-0.1, -0.05) is 73.8 Å². The van der Waals surface area contributed by atoms with Gasteiger partial charge in [-0.2, -0.15) is 0 Å². The Hall–Kier alpha value is -3.25. The molecule has 5 rings (SSSR count). The van der Waals surface area contributed by atoms with Crippen molar-refractivity contribution in [2.45, 2.75) is 33.1 Å². The minimum absolute atomic E-state index is 0.162. The van der Waals surface area contributed by atoms with Crippen molar-refractivity contribution in [3.63, 3.8) is 0 Å². The first-order chi connectivity index (χ1) is 18.4. The summed E-state index contributed by atoms with van der Waals surface area (Å²) in [4.78, 5) is 30.2. The minimum Gasteiger partial charge on any atom is -0.462 e. The Morgan fingerprint density at radius 1 is 0.974 bits per heavy atom. The van der Waals surface area contributed by atoms with Crippen LogP contribution < -0.4 is 0 Å². The Morgan fingerprint density at radius 3 is 2.28 bits per heavy atom. The molecule has 0 unspecified atom stereocenters. The molecule has 0 aliphatic rings. The van der Waals surface area contributed by atoms with E-state index in [1.165, 1.54) is 0 Å². The van der Waals surface area contributed by atoms with E-state index in [2.05, 4.69) is 4.98 Å². The predicted molar refractivity (Wildman–Crippen MR) is 160 cm³/mol. The van der Waals surface area contributed by atoms with E-state index in [1.54, 1.807) is 31.3 Å². The second kappa shape index (κ2) is 10.1. The third kappa shape index (κ3) is 4.73. The van der Waals surface area contributed by atoms with E-state index in [0.717, 1.165) is 27.4 Å². The Bertz CT molecular complexity index is 1770. The SMILES string of the molecule is CCOC(=O)c1ccc2ccc3c(C(=O)c4c(-c5c(Cl)cc(Cl)cc5Cl)c[nH]c4C(C)(C)C)cn(C)c3c2c1. The lowest BCUT2D eigenvalue weighted by atomic mass is 9.84. The molecule has 0 radical (unpaired) electrons. The summed E-state index contributed by atoms with van der Waals surface area (Å²) >= 11 is 19.4. The highest BCUT2D eigenvalue weighted by Gasteiger charge is 2.31. The van der Waals surface area contributed by atoms with Crippen molar-refractivity contribution >= 4 is 68.2 Å². The summed E-state index contributed by atoms with van der Waals surface area (Å²) in [5, 5.41) is 3.71. The van der Waals surface area contributed by atoms with Crippen LogP contribution in [-0.4, -0.2) is 27.9 Å². The van der Waals surface area contributed by atoms with E-state index in [-0.39, 0.29) is 17.2 Å². The van der Waals surface area contributed by atoms with Crippen LogP contribution in [-0.2, 0) is 17.2 Å². The summed E-state index contributed by atoms with van der Waals surface area (Å²) in [6, 6.07) is 12.6. The van der Waals surface area contributed by atoms with Gasteiger partial charge in [0.15, 0.2) is 5.78 Å². The van der Waals surface area contributed by atoms with Crippen LogP contribution in [0.4, 0.5) is 0 Å². The third-order valence-corrected chi connectivity index (χ3v) is 7.66. The second-order valence-electron chi connectivity index (χ2n) is 10.5. The van der Waals surface area contributed by atoms with Gasteiger partial charge in [-0.15, -0.1) is 0 Å². The van der Waals surface area contributed by atoms with E-state index >= 15 is 0 Å². The molecule has 0 aliphatic carbocycles. The minimum atomic E-state index is -0.384. The zero-order valence-electron chi connectivity index (χ0n) is 22.2. The number of aromatic amines is 1. The van der Waals surface area contributed by atoms with Crippen molar-refractivity contribution in [2.75, 3.05) is 6.61 Å². The molecule has 0 amide bonds. The number of esters is 1. The number of nitrogens with one attached hydrogen (secondary N) is 1. The number of ketones is 1. The van der Waals surface area contributed by atoms with Gasteiger partial charge in [0, 0.05) is 63.0 Å². The fourth-order valence-electron chi connectivity index (χ4n) is 5.13. The second-order valence-corrected chi connectivity index (χ2v) is 11.8. The standard InChI is InChI=1S/C31H27Cl3N2O3/c1-6-39-30(38)17-8-7-16-9-10-19-22(15-36(5)27(19)20(16)11-17)28(37)26-21(14-35-29(26)31(2,3)4)25-23(33)12-18(32)13-24(25)34/h7-15,35H,6H2,1-5H3. The maximum atomic E-state index is 14.5. The lowest BCUT2D eigenvalue weighted by Crippen LogP contribution is -2.17. The van der Waals surface area contributed by atoms with E-state index in [0.29, 0.717) is 49.5 Å². The van der Waals surface area contributed by atoms with Crippen LogP contribution in [0, 0.1) is 0 Å². The number of aromatic nitrogens is 2. The molecule has 5 nitrogen and oxygen atoms in total. The molecule has 3 aromatic carbocycles. The van der Waals surface area contributed by atoms with Crippen molar-refractivity contribution in [1.29, 1.82) is 0 Å². The first-order valence-electron chi connectivity index (χ1n) is 12.5. The number of benzene rings is 3. The lowest BCUT2D eigenvalue weighted by molar-refractivity contribution is 0.0526. The fraction of sp³-hybridized carbons (Fsp3) is 0.226. The molecule has 0 aliphatic heterocycles. The molecule has 0 atom stereocenters. The first kappa shape index (κ1) is 27.3. The summed E-state index contributed by atoms with van der Waals surface area (Å²) in [7, 11) is 1.89. The number of fused-ring (bicyclic) bond motifs is 3. The predicted octanol–water partition coefficient (Wildman–Crippen LogP) is 8.99. The van der Waals surface area contributed by atoms with Gasteiger partial charge in [0.05, 0.1) is 33.3 Å². The molecule has 2 heterocycles. The van der Waals surface area contributed by atoms with Gasteiger partial charge >= 0.3 is 5.97 Å². The fourth-order valence-corrected chi connectivity index (χ4v) is 6.15. The number of H-pyrrole nitrogens is 1. The highest BCUT2D eigenvalue weighted by atomic mass is 35.5. The summed E-state index contributed by atoms with van der Waals surface area (Å²) in [6.07, 6.45) is 3.61. The van der Waals surface area contributed by atoms with Crippen LogP contribution in [0.25, 0.3) is 32.8 Å². The molecule has 0 spiro atoms. The van der Waals surface area contributed by atoms with Crippen LogP contribution in [0.2, 0.25) is 15.1 Å². The number of hydrogen-bond donors (Lipinski definition) is 1. The van der Waals surface area contributed by atoms with E-state index in [1.807, 2.05) is 62.8 Å². The molecule has 5 aromatic rings. The Morgan fingerprint density at radius 2 is 1.64 bits per heavy atom. The van der Waals surface area contributed by atoms with Crippen LogP contribution in [0.15, 0.2) is 54.9 Å². The van der Waals surface area contributed by atoms with Crippen molar-refractivity contribution in [2.24, 2.45) is 7.05 Å². The summed E-state index contributed by atoms with van der Waals surface area (Å²) in [5.74, 6) is -0.546. The lowest BCUT2D eigenvalue weighted by Gasteiger charge is -2.20. The molecular formula is C31H27Cl3N2O3. The molecule has 8 heteroatoms. The number of aryl methyl sites for hydroxylation is 1. The Balaban J connectivity index is 1.75. The topological polar surface area (TPSA) is 64.1 Å². The van der Waals surface area contributed by atoms with E-state index in [4.69, 9.17) is 39.5 Å². The van der Waals surface area contributed by atoms with Gasteiger partial charge in [-0.05, 0) is 36.6 Å². The molecule has 0 saturated heterocycles. The number of halogens is 3. The molecule has 0 fully saturated rings. The van der Waals surface area contributed by atoms with Gasteiger partial charge in [0.2, 0.25) is 0 Å². The monoisotopic (exact) mass is 580 g/mol. The highest BCUT2D eigenvalue weighted by molar-refractivity contribution is 6.42. The third-order valence-electron chi connectivity index (χ3n) is 6.85. The summed E-state index contributed by atoms with van der Waals surface area (Å²) in [5.41, 5.74) is 3.89. The maximum absolute atomic E-state index is 14.5. The number of nitrogens with zero attached hydrogens (tertiary/aromatic N) is 1. The highest BCUT2D eigenvalue weighted by Crippen LogP contribution is 2.43. The zero-order valence-corrected chi connectivity index (χ0v) is 24.5. The van der Waals surface area contributed by atoms with E-state index in [9.17, 15) is 9.59 Å². The normalized spacial score (nSPS) is 11.9. The average molecular weight is 582 g/mol. The average Bonchev–Trinajstić information content (AvgIpc) is 3.45. The zero-order chi connectivity index (χ0) is 28.2. The van der Waals surface area contributed by atoms with Gasteiger partial charge < -0.3 is 14.3 Å². The molecular weight excluding hydrogens is 555 g/mol. The van der Waals surface area contributed by atoms with Crippen LogP contribution in [0.3, 0.4) is 0 Å². The molecule has 1 N–H and O–H groups in total. The van der Waals surface area contributed by atoms with Gasteiger partial charge in [0.1, 0.15) is 0 Å². The molecule has 200 valence electrons.